The van der Waals surface area contributed by atoms with Gasteiger partial charge < -0.3 is 14.5 Å². The lowest BCUT2D eigenvalue weighted by Crippen LogP contribution is -2.50. The van der Waals surface area contributed by atoms with Gasteiger partial charge in [0, 0.05) is 38.8 Å². The lowest BCUT2D eigenvalue weighted by atomic mass is 9.87. The number of hydrogen-bond acceptors (Lipinski definition) is 7. The highest BCUT2D eigenvalue weighted by atomic mass is 16.6. The van der Waals surface area contributed by atoms with Crippen molar-refractivity contribution in [3.05, 3.63) is 40.4 Å². The van der Waals surface area contributed by atoms with E-state index < -0.39 is 5.60 Å². The number of aryl methyl sites for hydroxylation is 1. The summed E-state index contributed by atoms with van der Waals surface area (Å²) in [5, 5.41) is 10.1. The van der Waals surface area contributed by atoms with Gasteiger partial charge in [-0.05, 0) is 73.4 Å². The first-order chi connectivity index (χ1) is 16.5. The first-order valence-corrected chi connectivity index (χ1v) is 12.6. The van der Waals surface area contributed by atoms with E-state index in [1.165, 1.54) is 17.6 Å². The number of piperazine rings is 1. The Balaban J connectivity index is 1.79. The summed E-state index contributed by atoms with van der Waals surface area (Å²) in [4.78, 5) is 27.9. The Morgan fingerprint density at radius 2 is 1.91 bits per heavy atom. The Kier molecular flexibility index (Phi) is 8.55. The fraction of sp³-hybridized carbons (Fsp3) is 0.630. The first-order valence-electron chi connectivity index (χ1n) is 12.6. The molecule has 8 nitrogen and oxygen atoms in total. The highest BCUT2D eigenvalue weighted by molar-refractivity contribution is 5.69. The minimum Gasteiger partial charge on any atom is -0.444 e. The Morgan fingerprint density at radius 1 is 1.23 bits per heavy atom. The molecule has 1 fully saturated rings. The highest BCUT2D eigenvalue weighted by Crippen LogP contribution is 2.31. The van der Waals surface area contributed by atoms with E-state index in [0.717, 1.165) is 18.5 Å². The number of carbonyl (C=O) groups is 1. The Hall–Kier alpha value is -2.92. The Morgan fingerprint density at radius 3 is 2.51 bits per heavy atom. The number of hydrogen-bond donors (Lipinski definition) is 0. The van der Waals surface area contributed by atoms with Gasteiger partial charge in [-0.25, -0.2) is 14.8 Å². The molecule has 190 valence electrons. The van der Waals surface area contributed by atoms with Gasteiger partial charge in [-0.2, -0.15) is 5.26 Å². The zero-order valence-electron chi connectivity index (χ0n) is 22.4. The molecule has 0 saturated carbocycles. The third-order valence-electron chi connectivity index (χ3n) is 6.58. The van der Waals surface area contributed by atoms with Crippen molar-refractivity contribution < 1.29 is 9.53 Å². The fourth-order valence-electron chi connectivity index (χ4n) is 4.88. The number of aromatic nitrogens is 2. The second kappa shape index (κ2) is 11.2. The molecule has 0 spiro atoms. The molecule has 1 atom stereocenters. The van der Waals surface area contributed by atoms with Crippen LogP contribution in [0.4, 0.5) is 10.6 Å². The van der Waals surface area contributed by atoms with Crippen LogP contribution in [-0.2, 0) is 11.3 Å². The van der Waals surface area contributed by atoms with Crippen LogP contribution in [-0.4, -0.2) is 70.7 Å². The molecule has 1 aromatic rings. The number of carbonyl (C=O) groups excluding carboxylic acids is 1. The molecule has 1 unspecified atom stereocenters. The maximum atomic E-state index is 12.4. The number of rotatable bonds is 5. The number of ether oxygens (including phenoxy) is 1. The van der Waals surface area contributed by atoms with Crippen LogP contribution >= 0.6 is 0 Å². The molecule has 1 aliphatic heterocycles. The zero-order chi connectivity index (χ0) is 25.8. The second-order valence-electron chi connectivity index (χ2n) is 10.5. The minimum absolute atomic E-state index is 0.299. The molecule has 1 saturated heterocycles. The topological polar surface area (TPSA) is 85.6 Å². The van der Waals surface area contributed by atoms with E-state index in [9.17, 15) is 10.1 Å². The van der Waals surface area contributed by atoms with Gasteiger partial charge in [-0.3, -0.25) is 4.90 Å². The molecule has 3 rings (SSSR count). The van der Waals surface area contributed by atoms with Gasteiger partial charge in [0.1, 0.15) is 23.1 Å². The number of likely N-dealkylation sites (N-methyl/N-ethyl adjacent to an activating group) is 1. The lowest BCUT2D eigenvalue weighted by molar-refractivity contribution is 0.0240. The first kappa shape index (κ1) is 26.7. The lowest BCUT2D eigenvalue weighted by Gasteiger charge is -2.37. The summed E-state index contributed by atoms with van der Waals surface area (Å²) in [6.07, 6.45) is 7.44. The van der Waals surface area contributed by atoms with Crippen molar-refractivity contribution in [1.29, 1.82) is 5.26 Å². The van der Waals surface area contributed by atoms with Crippen LogP contribution < -0.4 is 4.90 Å². The van der Waals surface area contributed by atoms with Gasteiger partial charge in [0.05, 0.1) is 5.69 Å². The van der Waals surface area contributed by atoms with E-state index >= 15 is 0 Å². The summed E-state index contributed by atoms with van der Waals surface area (Å²) in [6, 6.07) is 2.69. The molecule has 35 heavy (non-hydrogen) atoms. The van der Waals surface area contributed by atoms with Gasteiger partial charge in [0.15, 0.2) is 5.82 Å². The monoisotopic (exact) mass is 480 g/mol. The van der Waals surface area contributed by atoms with Crippen molar-refractivity contribution in [2.24, 2.45) is 0 Å². The summed E-state index contributed by atoms with van der Waals surface area (Å²) in [5.41, 5.74) is 3.58. The van der Waals surface area contributed by atoms with Crippen LogP contribution in [0.15, 0.2) is 23.3 Å². The molecule has 2 heterocycles. The third-order valence-corrected chi connectivity index (χ3v) is 6.58. The van der Waals surface area contributed by atoms with Gasteiger partial charge >= 0.3 is 6.09 Å². The van der Waals surface area contributed by atoms with Gasteiger partial charge in [0.25, 0.3) is 0 Å². The molecule has 8 heteroatoms. The molecule has 0 bridgehead atoms. The maximum Gasteiger partial charge on any atom is 0.410 e. The molecule has 0 radical (unpaired) electrons. The quantitative estimate of drug-likeness (QED) is 0.609. The summed E-state index contributed by atoms with van der Waals surface area (Å²) in [7, 11) is 2.12. The van der Waals surface area contributed by atoms with Crippen LogP contribution in [0.2, 0.25) is 0 Å². The standard InChI is InChI=1S/C27H40N6O2/c1-8-10-21-19(2)11-9-12-24(21)31(7)18-23-22(17-28)25(30-20(3)29-23)32-13-15-33(16-14-32)26(34)35-27(4,5)6/h8,10,24H,9,11-16,18H2,1-7H3/b10-8-. The van der Waals surface area contributed by atoms with E-state index in [1.807, 2.05) is 27.7 Å². The van der Waals surface area contributed by atoms with E-state index in [-0.39, 0.29) is 6.09 Å². The third kappa shape index (κ3) is 6.61. The predicted molar refractivity (Wildman–Crippen MR) is 138 cm³/mol. The molecule has 0 aromatic carbocycles. The van der Waals surface area contributed by atoms with Crippen molar-refractivity contribution in [2.45, 2.75) is 79.0 Å². The Labute approximate surface area is 210 Å². The number of amides is 1. The van der Waals surface area contributed by atoms with Crippen LogP contribution in [0.5, 0.6) is 0 Å². The molecular weight excluding hydrogens is 440 g/mol. The normalized spacial score (nSPS) is 19.5. The molecule has 1 amide bonds. The molecule has 1 aliphatic carbocycles. The predicted octanol–water partition coefficient (Wildman–Crippen LogP) is 4.59. The zero-order valence-corrected chi connectivity index (χ0v) is 22.4. The summed E-state index contributed by atoms with van der Waals surface area (Å²) < 4.78 is 5.51. The average molecular weight is 481 g/mol. The van der Waals surface area contributed by atoms with Crippen LogP contribution in [0, 0.1) is 18.3 Å². The van der Waals surface area contributed by atoms with Gasteiger partial charge in [-0.15, -0.1) is 0 Å². The molecular formula is C27H40N6O2. The van der Waals surface area contributed by atoms with Crippen molar-refractivity contribution in [1.82, 2.24) is 19.8 Å². The summed E-state index contributed by atoms with van der Waals surface area (Å²) in [5.74, 6) is 1.32. The van der Waals surface area contributed by atoms with E-state index in [2.05, 4.69) is 58.9 Å². The van der Waals surface area contributed by atoms with Crippen LogP contribution in [0.3, 0.4) is 0 Å². The van der Waals surface area contributed by atoms with E-state index in [4.69, 9.17) is 4.74 Å². The maximum absolute atomic E-state index is 12.4. The van der Waals surface area contributed by atoms with Crippen molar-refractivity contribution >= 4 is 11.9 Å². The van der Waals surface area contributed by atoms with E-state index in [1.54, 1.807) is 4.90 Å². The van der Waals surface area contributed by atoms with Crippen LogP contribution in [0.25, 0.3) is 0 Å². The second-order valence-corrected chi connectivity index (χ2v) is 10.5. The number of nitriles is 1. The largest absolute Gasteiger partial charge is 0.444 e. The molecule has 2 aliphatic rings. The van der Waals surface area contributed by atoms with Crippen molar-refractivity contribution in [2.75, 3.05) is 38.1 Å². The van der Waals surface area contributed by atoms with Crippen molar-refractivity contribution in [3.63, 3.8) is 0 Å². The number of allylic oxidation sites excluding steroid dienone is 2. The van der Waals surface area contributed by atoms with E-state index in [0.29, 0.717) is 56.0 Å². The smallest absolute Gasteiger partial charge is 0.410 e. The Bertz CT molecular complexity index is 1030. The SMILES string of the molecule is C/C=C\C1=C(C)CCCC1N(C)Cc1nc(C)nc(N2CCN(C(=O)OC(C)(C)C)CC2)c1C#N. The van der Waals surface area contributed by atoms with Crippen LogP contribution in [0.1, 0.15) is 71.0 Å². The summed E-state index contributed by atoms with van der Waals surface area (Å²) in [6.45, 7) is 14.6. The summed E-state index contributed by atoms with van der Waals surface area (Å²) >= 11 is 0. The minimum atomic E-state index is -0.522. The fourth-order valence-corrected chi connectivity index (χ4v) is 4.88. The van der Waals surface area contributed by atoms with Gasteiger partial charge in [0.2, 0.25) is 0 Å². The number of anilines is 1. The number of nitrogens with zero attached hydrogens (tertiary/aromatic N) is 6. The highest BCUT2D eigenvalue weighted by Gasteiger charge is 2.29. The van der Waals surface area contributed by atoms with Crippen molar-refractivity contribution in [3.8, 4) is 6.07 Å². The molecule has 1 aromatic heterocycles. The average Bonchev–Trinajstić information content (AvgIpc) is 2.79. The van der Waals surface area contributed by atoms with Gasteiger partial charge in [-0.1, -0.05) is 17.7 Å². The molecule has 0 N–H and O–H groups in total.